The molecule has 9 aromatic rings. The van der Waals surface area contributed by atoms with Crippen molar-refractivity contribution in [3.63, 3.8) is 0 Å². The highest BCUT2D eigenvalue weighted by molar-refractivity contribution is 6.19. The third kappa shape index (κ3) is 7.43. The molecule has 0 fully saturated rings. The Morgan fingerprint density at radius 2 is 0.847 bits per heavy atom. The maximum absolute atomic E-state index is 2.41. The van der Waals surface area contributed by atoms with Crippen molar-refractivity contribution in [1.82, 2.24) is 0 Å². The van der Waals surface area contributed by atoms with Gasteiger partial charge in [0.1, 0.15) is 0 Å². The van der Waals surface area contributed by atoms with E-state index in [1.54, 1.807) is 0 Å². The van der Waals surface area contributed by atoms with Crippen molar-refractivity contribution in [2.24, 2.45) is 0 Å². The zero-order chi connectivity index (χ0) is 39.4. The van der Waals surface area contributed by atoms with Gasteiger partial charge < -0.3 is 4.90 Å². The second kappa shape index (κ2) is 16.2. The van der Waals surface area contributed by atoms with Crippen LogP contribution in [0.4, 0.5) is 17.1 Å². The molecule has 0 heterocycles. The van der Waals surface area contributed by atoms with E-state index in [4.69, 9.17) is 0 Å². The molecule has 0 amide bonds. The highest BCUT2D eigenvalue weighted by Gasteiger charge is 2.19. The molecule has 0 spiro atoms. The molecule has 0 saturated heterocycles. The number of hydrogen-bond donors (Lipinski definition) is 0. The highest BCUT2D eigenvalue weighted by atomic mass is 15.1. The molecule has 280 valence electrons. The van der Waals surface area contributed by atoms with Gasteiger partial charge in [-0.15, -0.1) is 0 Å². The van der Waals surface area contributed by atoms with Crippen molar-refractivity contribution in [2.45, 2.75) is 12.8 Å². The van der Waals surface area contributed by atoms with Gasteiger partial charge in [-0.2, -0.15) is 0 Å². The smallest absolute Gasteiger partial charge is 0.0462 e. The molecule has 0 bridgehead atoms. The van der Waals surface area contributed by atoms with Crippen LogP contribution in [0, 0.1) is 0 Å². The monoisotopic (exact) mass is 753 g/mol. The summed E-state index contributed by atoms with van der Waals surface area (Å²) in [6, 6.07) is 72.2. The Bertz CT molecular complexity index is 3000. The van der Waals surface area contributed by atoms with Gasteiger partial charge in [0.05, 0.1) is 0 Å². The molecule has 0 aromatic heterocycles. The molecule has 9 aromatic carbocycles. The Labute approximate surface area is 346 Å². The number of hydrogen-bond acceptors (Lipinski definition) is 1. The summed E-state index contributed by atoms with van der Waals surface area (Å²) >= 11 is 0. The summed E-state index contributed by atoms with van der Waals surface area (Å²) in [6.07, 6.45) is 15.6. The van der Waals surface area contributed by atoms with E-state index in [0.29, 0.717) is 0 Å². The van der Waals surface area contributed by atoms with E-state index in [9.17, 15) is 0 Å². The normalized spacial score (nSPS) is 13.0. The first kappa shape index (κ1) is 35.9. The lowest BCUT2D eigenvalue weighted by molar-refractivity contribution is 1.05. The number of allylic oxidation sites excluding steroid dienone is 5. The minimum absolute atomic E-state index is 1.01. The van der Waals surface area contributed by atoms with Gasteiger partial charge in [-0.1, -0.05) is 194 Å². The van der Waals surface area contributed by atoms with Crippen molar-refractivity contribution in [3.8, 4) is 11.1 Å². The van der Waals surface area contributed by atoms with Crippen LogP contribution >= 0.6 is 0 Å². The van der Waals surface area contributed by atoms with Crippen molar-refractivity contribution in [2.75, 3.05) is 4.90 Å². The Hall–Kier alpha value is -7.48. The first-order chi connectivity index (χ1) is 29.2. The Morgan fingerprint density at radius 1 is 0.373 bits per heavy atom. The largest absolute Gasteiger partial charge is 0.311 e. The summed E-state index contributed by atoms with van der Waals surface area (Å²) < 4.78 is 0. The number of benzene rings is 9. The molecule has 0 radical (unpaired) electrons. The third-order valence-corrected chi connectivity index (χ3v) is 11.5. The summed E-state index contributed by atoms with van der Waals surface area (Å²) in [5, 5.41) is 7.74. The Balaban J connectivity index is 0.946. The fourth-order valence-electron chi connectivity index (χ4n) is 8.61. The second-order valence-electron chi connectivity index (χ2n) is 15.2. The molecule has 1 aliphatic carbocycles. The number of anilines is 3. The third-order valence-electron chi connectivity index (χ3n) is 11.5. The first-order valence-electron chi connectivity index (χ1n) is 20.6. The van der Waals surface area contributed by atoms with E-state index >= 15 is 0 Å². The van der Waals surface area contributed by atoms with Crippen LogP contribution in [0.1, 0.15) is 35.1 Å². The van der Waals surface area contributed by atoms with Crippen LogP contribution in [-0.4, -0.2) is 0 Å². The lowest BCUT2D eigenvalue weighted by Crippen LogP contribution is -2.09. The number of para-hydroxylation sites is 1. The number of rotatable bonds is 9. The molecular formula is C58H43N. The van der Waals surface area contributed by atoms with Gasteiger partial charge in [-0.05, 0) is 132 Å². The molecule has 0 aliphatic heterocycles. The van der Waals surface area contributed by atoms with Gasteiger partial charge in [0.25, 0.3) is 0 Å². The van der Waals surface area contributed by atoms with Gasteiger partial charge in [0.2, 0.25) is 0 Å². The summed E-state index contributed by atoms with van der Waals surface area (Å²) in [6.45, 7) is 0. The van der Waals surface area contributed by atoms with Gasteiger partial charge in [0.15, 0.2) is 0 Å². The number of fused-ring (bicyclic) bond motifs is 3. The Morgan fingerprint density at radius 3 is 1.46 bits per heavy atom. The molecule has 0 unspecified atom stereocenters. The van der Waals surface area contributed by atoms with Crippen LogP contribution < -0.4 is 4.90 Å². The quantitative estimate of drug-likeness (QED) is 0.105. The van der Waals surface area contributed by atoms with Crippen LogP contribution in [0.5, 0.6) is 0 Å². The summed E-state index contributed by atoms with van der Waals surface area (Å²) in [5.41, 5.74) is 13.4. The van der Waals surface area contributed by atoms with Gasteiger partial charge >= 0.3 is 0 Å². The summed E-state index contributed by atoms with van der Waals surface area (Å²) in [7, 11) is 0. The van der Waals surface area contributed by atoms with Crippen molar-refractivity contribution >= 4 is 73.2 Å². The van der Waals surface area contributed by atoms with Crippen LogP contribution in [-0.2, 0) is 0 Å². The van der Waals surface area contributed by atoms with Crippen LogP contribution in [0.15, 0.2) is 224 Å². The molecule has 10 rings (SSSR count). The van der Waals surface area contributed by atoms with E-state index in [1.165, 1.54) is 76.8 Å². The lowest BCUT2D eigenvalue weighted by atomic mass is 9.83. The molecule has 1 nitrogen and oxygen atoms in total. The van der Waals surface area contributed by atoms with Crippen LogP contribution in [0.2, 0.25) is 0 Å². The zero-order valence-electron chi connectivity index (χ0n) is 32.9. The van der Waals surface area contributed by atoms with E-state index in [1.807, 2.05) is 6.07 Å². The van der Waals surface area contributed by atoms with E-state index in [-0.39, 0.29) is 0 Å². The van der Waals surface area contributed by atoms with Crippen molar-refractivity contribution in [1.29, 1.82) is 0 Å². The average molecular weight is 754 g/mol. The maximum Gasteiger partial charge on any atom is 0.0462 e. The average Bonchev–Trinajstić information content (AvgIpc) is 3.31. The molecule has 1 aliphatic rings. The zero-order valence-corrected chi connectivity index (χ0v) is 32.9. The lowest BCUT2D eigenvalue weighted by Gasteiger charge is -2.25. The van der Waals surface area contributed by atoms with E-state index in [2.05, 4.69) is 235 Å². The number of nitrogens with zero attached hydrogens (tertiary/aromatic N) is 1. The highest BCUT2D eigenvalue weighted by Crippen LogP contribution is 2.44. The minimum atomic E-state index is 1.01. The fourth-order valence-corrected chi connectivity index (χ4v) is 8.61. The summed E-state index contributed by atoms with van der Waals surface area (Å²) in [5.74, 6) is 0. The van der Waals surface area contributed by atoms with Crippen molar-refractivity contribution in [3.05, 3.63) is 246 Å². The molecular weight excluding hydrogens is 711 g/mol. The second-order valence-corrected chi connectivity index (χ2v) is 15.2. The van der Waals surface area contributed by atoms with Gasteiger partial charge in [0, 0.05) is 17.1 Å². The Kier molecular flexibility index (Phi) is 9.84. The van der Waals surface area contributed by atoms with Crippen molar-refractivity contribution < 1.29 is 0 Å². The topological polar surface area (TPSA) is 3.24 Å². The van der Waals surface area contributed by atoms with Gasteiger partial charge in [-0.3, -0.25) is 0 Å². The molecule has 0 N–H and O–H groups in total. The predicted octanol–water partition coefficient (Wildman–Crippen LogP) is 16.3. The van der Waals surface area contributed by atoms with Crippen LogP contribution in [0.25, 0.3) is 67.2 Å². The van der Waals surface area contributed by atoms with Gasteiger partial charge in [-0.25, -0.2) is 0 Å². The van der Waals surface area contributed by atoms with Crippen LogP contribution in [0.3, 0.4) is 0 Å². The minimum Gasteiger partial charge on any atom is -0.311 e. The van der Waals surface area contributed by atoms with E-state index < -0.39 is 0 Å². The SMILES string of the molecule is C(=Cc1ccc(N(c2ccccc2)c2ccc(C=Cc3ccccc3)cc2)cc1)C1=CCCC(c2c3ccccc3c(-c3ccc4ccccc4c3)c3ccccc23)=C1. The summed E-state index contributed by atoms with van der Waals surface area (Å²) in [4.78, 5) is 2.32. The first-order valence-corrected chi connectivity index (χ1v) is 20.6. The molecule has 1 heteroatoms. The predicted molar refractivity (Wildman–Crippen MR) is 255 cm³/mol. The maximum atomic E-state index is 2.41. The standard InChI is InChI=1S/C58H43N/c1-3-14-42(15-4-1)26-27-43-30-36-51(37-31-43)59(50-20-5-2-6-21-50)52-38-32-44(33-39-52)28-29-45-16-13-19-48(40-45)57-53-22-9-11-24-55(53)58(56-25-12-10-23-54(56)57)49-35-34-46-17-7-8-18-47(46)41-49/h1-12,14-18,20-41H,13,19H2. The molecule has 0 atom stereocenters. The fraction of sp³-hybridized carbons (Fsp3) is 0.0345. The van der Waals surface area contributed by atoms with E-state index in [0.717, 1.165) is 29.9 Å². The molecule has 0 saturated carbocycles. The molecule has 59 heavy (non-hydrogen) atoms.